The highest BCUT2D eigenvalue weighted by atomic mass is 16.5. The van der Waals surface area contributed by atoms with E-state index in [9.17, 15) is 4.79 Å². The summed E-state index contributed by atoms with van der Waals surface area (Å²) in [6.45, 7) is 2.23. The molecule has 1 aliphatic rings. The third-order valence-corrected chi connectivity index (χ3v) is 4.96. The van der Waals surface area contributed by atoms with Crippen LogP contribution in [0.15, 0.2) is 66.7 Å². The van der Waals surface area contributed by atoms with Gasteiger partial charge in [0.15, 0.2) is 6.61 Å². The number of fused-ring (bicyclic) bond motifs is 1. The highest BCUT2D eigenvalue weighted by Gasteiger charge is 2.11. The van der Waals surface area contributed by atoms with Crippen molar-refractivity contribution in [1.29, 1.82) is 0 Å². The van der Waals surface area contributed by atoms with Crippen LogP contribution in [0.25, 0.3) is 10.8 Å². The molecule has 1 saturated heterocycles. The van der Waals surface area contributed by atoms with Crippen LogP contribution in [0.3, 0.4) is 0 Å². The number of nitrogens with zero attached hydrogens (tertiary/aromatic N) is 1. The van der Waals surface area contributed by atoms with E-state index in [0.717, 1.165) is 29.5 Å². The number of hydrogen-bond acceptors (Lipinski definition) is 3. The van der Waals surface area contributed by atoms with Crippen LogP contribution in [-0.2, 0) is 4.79 Å². The van der Waals surface area contributed by atoms with Crippen LogP contribution in [0.1, 0.15) is 19.3 Å². The first-order chi connectivity index (χ1) is 13.3. The molecule has 4 heteroatoms. The summed E-state index contributed by atoms with van der Waals surface area (Å²) in [5, 5.41) is 5.15. The van der Waals surface area contributed by atoms with E-state index >= 15 is 0 Å². The third-order valence-electron chi connectivity index (χ3n) is 4.96. The van der Waals surface area contributed by atoms with E-state index in [-0.39, 0.29) is 12.5 Å². The first-order valence-corrected chi connectivity index (χ1v) is 9.54. The quantitative estimate of drug-likeness (QED) is 0.707. The molecular weight excluding hydrogens is 336 g/mol. The summed E-state index contributed by atoms with van der Waals surface area (Å²) in [5.74, 6) is 0.540. The maximum Gasteiger partial charge on any atom is 0.262 e. The van der Waals surface area contributed by atoms with E-state index in [4.69, 9.17) is 4.74 Å². The molecule has 1 amide bonds. The summed E-state index contributed by atoms with van der Waals surface area (Å²) >= 11 is 0. The maximum atomic E-state index is 12.2. The Morgan fingerprint density at radius 1 is 0.889 bits per heavy atom. The van der Waals surface area contributed by atoms with E-state index in [1.54, 1.807) is 0 Å². The molecule has 0 bridgehead atoms. The van der Waals surface area contributed by atoms with Gasteiger partial charge >= 0.3 is 0 Å². The molecule has 0 aromatic heterocycles. The lowest BCUT2D eigenvalue weighted by molar-refractivity contribution is -0.118. The lowest BCUT2D eigenvalue weighted by Crippen LogP contribution is -2.29. The van der Waals surface area contributed by atoms with E-state index < -0.39 is 0 Å². The number of amides is 1. The normalized spacial score (nSPS) is 14.1. The van der Waals surface area contributed by atoms with Gasteiger partial charge in [0.25, 0.3) is 5.91 Å². The van der Waals surface area contributed by atoms with Crippen LogP contribution in [-0.4, -0.2) is 25.6 Å². The molecular formula is C23H24N2O2. The van der Waals surface area contributed by atoms with Gasteiger partial charge in [-0.3, -0.25) is 4.79 Å². The van der Waals surface area contributed by atoms with Gasteiger partial charge < -0.3 is 15.0 Å². The molecule has 1 fully saturated rings. The van der Waals surface area contributed by atoms with Gasteiger partial charge in [0.2, 0.25) is 0 Å². The molecule has 27 heavy (non-hydrogen) atoms. The molecule has 0 unspecified atom stereocenters. The Kier molecular flexibility index (Phi) is 5.24. The number of carbonyl (C=O) groups excluding carboxylic acids is 1. The number of carbonyl (C=O) groups is 1. The zero-order chi connectivity index (χ0) is 18.5. The van der Waals surface area contributed by atoms with Crippen molar-refractivity contribution in [3.8, 4) is 5.75 Å². The molecule has 0 spiro atoms. The summed E-state index contributed by atoms with van der Waals surface area (Å²) in [5.41, 5.74) is 2.02. The van der Waals surface area contributed by atoms with Crippen molar-refractivity contribution in [2.75, 3.05) is 29.9 Å². The highest BCUT2D eigenvalue weighted by Crippen LogP contribution is 2.22. The maximum absolute atomic E-state index is 12.2. The fourth-order valence-corrected chi connectivity index (χ4v) is 3.51. The molecule has 4 nitrogen and oxygen atoms in total. The minimum absolute atomic E-state index is 0.00772. The lowest BCUT2D eigenvalue weighted by Gasteiger charge is -2.28. The van der Waals surface area contributed by atoms with Crippen molar-refractivity contribution in [2.24, 2.45) is 0 Å². The van der Waals surface area contributed by atoms with Crippen molar-refractivity contribution in [2.45, 2.75) is 19.3 Å². The summed E-state index contributed by atoms with van der Waals surface area (Å²) in [7, 11) is 0. The molecule has 138 valence electrons. The Balaban J connectivity index is 1.31. The van der Waals surface area contributed by atoms with Crippen LogP contribution in [0, 0.1) is 0 Å². The number of hydrogen-bond donors (Lipinski definition) is 1. The molecule has 3 aromatic carbocycles. The molecule has 1 N–H and O–H groups in total. The van der Waals surface area contributed by atoms with E-state index in [0.29, 0.717) is 5.75 Å². The predicted molar refractivity (Wildman–Crippen MR) is 111 cm³/mol. The number of anilines is 2. The second-order valence-corrected chi connectivity index (χ2v) is 6.94. The number of benzene rings is 3. The zero-order valence-corrected chi connectivity index (χ0v) is 15.4. The Hall–Kier alpha value is -3.01. The van der Waals surface area contributed by atoms with Crippen molar-refractivity contribution in [3.05, 3.63) is 66.7 Å². The Morgan fingerprint density at radius 3 is 2.41 bits per heavy atom. The van der Waals surface area contributed by atoms with Crippen molar-refractivity contribution < 1.29 is 9.53 Å². The molecule has 0 aliphatic carbocycles. The van der Waals surface area contributed by atoms with Crippen LogP contribution >= 0.6 is 0 Å². The first-order valence-electron chi connectivity index (χ1n) is 9.54. The summed E-state index contributed by atoms with van der Waals surface area (Å²) in [6.07, 6.45) is 3.83. The summed E-state index contributed by atoms with van der Waals surface area (Å²) < 4.78 is 5.65. The monoisotopic (exact) mass is 360 g/mol. The largest absolute Gasteiger partial charge is 0.484 e. The van der Waals surface area contributed by atoms with Gasteiger partial charge in [0.05, 0.1) is 0 Å². The average Bonchev–Trinajstić information content (AvgIpc) is 2.73. The summed E-state index contributed by atoms with van der Waals surface area (Å²) in [6, 6.07) is 22.0. The third kappa shape index (κ3) is 4.40. The van der Waals surface area contributed by atoms with Crippen LogP contribution in [0.5, 0.6) is 5.75 Å². The Morgan fingerprint density at radius 2 is 1.63 bits per heavy atom. The van der Waals surface area contributed by atoms with Gasteiger partial charge in [-0.05, 0) is 66.4 Å². The fourth-order valence-electron chi connectivity index (χ4n) is 3.51. The Bertz CT molecular complexity index is 915. The molecule has 1 heterocycles. The van der Waals surface area contributed by atoms with E-state index in [2.05, 4.69) is 28.4 Å². The van der Waals surface area contributed by atoms with Crippen LogP contribution in [0.4, 0.5) is 11.4 Å². The Labute approximate surface area is 159 Å². The molecule has 0 atom stereocenters. The number of nitrogens with one attached hydrogen (secondary N) is 1. The molecule has 4 rings (SSSR count). The van der Waals surface area contributed by atoms with Gasteiger partial charge in [-0.25, -0.2) is 0 Å². The standard InChI is InChI=1S/C23H24N2O2/c26-23(17-27-22-13-8-18-6-2-3-7-19(18)16-22)24-20-9-11-21(12-10-20)25-14-4-1-5-15-25/h2-3,6-13,16H,1,4-5,14-15,17H2,(H,24,26). The smallest absolute Gasteiger partial charge is 0.262 e. The molecule has 3 aromatic rings. The van der Waals surface area contributed by atoms with Crippen molar-refractivity contribution in [1.82, 2.24) is 0 Å². The summed E-state index contributed by atoms with van der Waals surface area (Å²) in [4.78, 5) is 14.6. The SMILES string of the molecule is O=C(COc1ccc2ccccc2c1)Nc1ccc(N2CCCCC2)cc1. The van der Waals surface area contributed by atoms with Gasteiger partial charge in [0, 0.05) is 24.5 Å². The number of rotatable bonds is 5. The van der Waals surface area contributed by atoms with Gasteiger partial charge in [0.1, 0.15) is 5.75 Å². The van der Waals surface area contributed by atoms with E-state index in [1.165, 1.54) is 24.9 Å². The predicted octanol–water partition coefficient (Wildman–Crippen LogP) is 4.85. The second kappa shape index (κ2) is 8.12. The first kappa shape index (κ1) is 17.4. The lowest BCUT2D eigenvalue weighted by atomic mass is 10.1. The minimum Gasteiger partial charge on any atom is -0.484 e. The van der Waals surface area contributed by atoms with Gasteiger partial charge in [-0.1, -0.05) is 30.3 Å². The molecule has 1 aliphatic heterocycles. The van der Waals surface area contributed by atoms with Gasteiger partial charge in [-0.15, -0.1) is 0 Å². The van der Waals surface area contributed by atoms with Gasteiger partial charge in [-0.2, -0.15) is 0 Å². The fraction of sp³-hybridized carbons (Fsp3) is 0.261. The molecule has 0 radical (unpaired) electrons. The number of piperidine rings is 1. The zero-order valence-electron chi connectivity index (χ0n) is 15.4. The van der Waals surface area contributed by atoms with Crippen molar-refractivity contribution >= 4 is 28.1 Å². The van der Waals surface area contributed by atoms with Crippen molar-refractivity contribution in [3.63, 3.8) is 0 Å². The number of ether oxygens (including phenoxy) is 1. The minimum atomic E-state index is -0.158. The topological polar surface area (TPSA) is 41.6 Å². The highest BCUT2D eigenvalue weighted by molar-refractivity contribution is 5.92. The second-order valence-electron chi connectivity index (χ2n) is 6.94. The average molecular weight is 360 g/mol. The van der Waals surface area contributed by atoms with Crippen LogP contribution < -0.4 is 15.0 Å². The van der Waals surface area contributed by atoms with E-state index in [1.807, 2.05) is 48.5 Å². The molecule has 0 saturated carbocycles. The van der Waals surface area contributed by atoms with Crippen LogP contribution in [0.2, 0.25) is 0 Å².